The second-order valence-corrected chi connectivity index (χ2v) is 4.77. The van der Waals surface area contributed by atoms with Crippen LogP contribution < -0.4 is 5.73 Å². The smallest absolute Gasteiger partial charge is 0.0611 e. The molecule has 0 amide bonds. The number of hydrogen-bond donors (Lipinski definition) is 2. The summed E-state index contributed by atoms with van der Waals surface area (Å²) >= 11 is 0. The van der Waals surface area contributed by atoms with Gasteiger partial charge in [0.2, 0.25) is 0 Å². The molecule has 0 aliphatic heterocycles. The Kier molecular flexibility index (Phi) is 2.74. The van der Waals surface area contributed by atoms with Crippen molar-refractivity contribution in [2.24, 2.45) is 12.8 Å². The molecule has 1 aromatic heterocycles. The Morgan fingerprint density at radius 2 is 2.12 bits per heavy atom. The lowest BCUT2D eigenvalue weighted by molar-refractivity contribution is 0.208. The molecule has 2 rings (SSSR count). The summed E-state index contributed by atoms with van der Waals surface area (Å²) in [5.41, 5.74) is 7.83. The molecular weight excluding hydrogens is 200 g/mol. The van der Waals surface area contributed by atoms with E-state index in [1.165, 1.54) is 16.5 Å². The van der Waals surface area contributed by atoms with Gasteiger partial charge in [0.25, 0.3) is 0 Å². The Hall–Kier alpha value is -1.32. The molecule has 0 spiro atoms. The van der Waals surface area contributed by atoms with Crippen LogP contribution in [0, 0.1) is 0 Å². The summed E-state index contributed by atoms with van der Waals surface area (Å²) in [6, 6.07) is 8.29. The number of rotatable bonds is 3. The molecule has 1 heterocycles. The summed E-state index contributed by atoms with van der Waals surface area (Å²) in [6.45, 7) is 1.87. The number of aliphatic hydroxyl groups excluding tert-OH is 1. The molecule has 3 N–H and O–H groups in total. The second-order valence-electron chi connectivity index (χ2n) is 4.77. The Morgan fingerprint density at radius 1 is 1.38 bits per heavy atom. The fourth-order valence-electron chi connectivity index (χ4n) is 2.01. The normalized spacial score (nSPS) is 15.2. The van der Waals surface area contributed by atoms with Crippen LogP contribution in [0.5, 0.6) is 0 Å². The first-order valence-corrected chi connectivity index (χ1v) is 5.46. The maximum absolute atomic E-state index is 9.20. The number of aliphatic hydroxyl groups is 1. The van der Waals surface area contributed by atoms with Crippen molar-refractivity contribution >= 4 is 10.9 Å². The van der Waals surface area contributed by atoms with E-state index in [9.17, 15) is 5.11 Å². The zero-order valence-corrected chi connectivity index (χ0v) is 9.77. The van der Waals surface area contributed by atoms with Crippen LogP contribution in [0.3, 0.4) is 0 Å². The summed E-state index contributed by atoms with van der Waals surface area (Å²) in [5.74, 6) is 0. The molecule has 3 nitrogen and oxygen atoms in total. The minimum atomic E-state index is -0.551. The topological polar surface area (TPSA) is 51.2 Å². The SMILES string of the molecule is Cn1ccc2c(CC(C)(N)CO)cccc21. The van der Waals surface area contributed by atoms with Crippen LogP contribution in [0.1, 0.15) is 12.5 Å². The van der Waals surface area contributed by atoms with Crippen LogP contribution >= 0.6 is 0 Å². The van der Waals surface area contributed by atoms with E-state index in [2.05, 4.69) is 22.8 Å². The van der Waals surface area contributed by atoms with Crippen LogP contribution in [0.4, 0.5) is 0 Å². The van der Waals surface area contributed by atoms with Crippen LogP contribution in [-0.2, 0) is 13.5 Å². The molecule has 16 heavy (non-hydrogen) atoms. The van der Waals surface area contributed by atoms with E-state index in [-0.39, 0.29) is 6.61 Å². The zero-order valence-electron chi connectivity index (χ0n) is 9.77. The second kappa shape index (κ2) is 3.92. The lowest BCUT2D eigenvalue weighted by Crippen LogP contribution is -2.42. The standard InChI is InChI=1S/C13H18N2O/c1-13(14,9-16)8-10-4-3-5-12-11(10)6-7-15(12)2/h3-7,16H,8-9,14H2,1-2H3. The van der Waals surface area contributed by atoms with E-state index in [0.29, 0.717) is 6.42 Å². The number of fused-ring (bicyclic) bond motifs is 1. The third-order valence-corrected chi connectivity index (χ3v) is 2.97. The molecule has 0 saturated carbocycles. The largest absolute Gasteiger partial charge is 0.394 e. The highest BCUT2D eigenvalue weighted by molar-refractivity contribution is 5.83. The average molecular weight is 218 g/mol. The van der Waals surface area contributed by atoms with Gasteiger partial charge < -0.3 is 15.4 Å². The first-order valence-electron chi connectivity index (χ1n) is 5.46. The van der Waals surface area contributed by atoms with E-state index in [1.54, 1.807) is 0 Å². The van der Waals surface area contributed by atoms with Crippen LogP contribution in [0.2, 0.25) is 0 Å². The Balaban J connectivity index is 2.45. The lowest BCUT2D eigenvalue weighted by Gasteiger charge is -2.22. The summed E-state index contributed by atoms with van der Waals surface area (Å²) < 4.78 is 2.09. The highest BCUT2D eigenvalue weighted by Crippen LogP contribution is 2.22. The maximum atomic E-state index is 9.20. The van der Waals surface area contributed by atoms with Gasteiger partial charge in [-0.3, -0.25) is 0 Å². The predicted octanol–water partition coefficient (Wildman–Crippen LogP) is 1.43. The Bertz CT molecular complexity index is 500. The molecule has 1 aromatic carbocycles. The van der Waals surface area contributed by atoms with Gasteiger partial charge in [0.05, 0.1) is 6.61 Å². The monoisotopic (exact) mass is 218 g/mol. The molecular formula is C13H18N2O. The van der Waals surface area contributed by atoms with Gasteiger partial charge in [0, 0.05) is 29.7 Å². The molecule has 0 aliphatic carbocycles. The number of aromatic nitrogens is 1. The third-order valence-electron chi connectivity index (χ3n) is 2.97. The van der Waals surface area contributed by atoms with E-state index in [4.69, 9.17) is 5.73 Å². The predicted molar refractivity (Wildman–Crippen MR) is 66.3 cm³/mol. The minimum Gasteiger partial charge on any atom is -0.394 e. The van der Waals surface area contributed by atoms with Gasteiger partial charge >= 0.3 is 0 Å². The number of aryl methyl sites for hydroxylation is 1. The molecule has 0 radical (unpaired) electrons. The number of hydrogen-bond acceptors (Lipinski definition) is 2. The van der Waals surface area contributed by atoms with Crippen molar-refractivity contribution in [1.82, 2.24) is 4.57 Å². The van der Waals surface area contributed by atoms with Crippen LogP contribution in [-0.4, -0.2) is 21.8 Å². The maximum Gasteiger partial charge on any atom is 0.0611 e. The van der Waals surface area contributed by atoms with Gasteiger partial charge in [-0.15, -0.1) is 0 Å². The zero-order chi connectivity index (χ0) is 11.8. The summed E-state index contributed by atoms with van der Waals surface area (Å²) in [7, 11) is 2.03. The van der Waals surface area contributed by atoms with Crippen molar-refractivity contribution in [1.29, 1.82) is 0 Å². The van der Waals surface area contributed by atoms with E-state index in [0.717, 1.165) is 0 Å². The van der Waals surface area contributed by atoms with E-state index >= 15 is 0 Å². The van der Waals surface area contributed by atoms with Crippen molar-refractivity contribution in [3.05, 3.63) is 36.0 Å². The van der Waals surface area contributed by atoms with Gasteiger partial charge in [-0.05, 0) is 31.0 Å². The van der Waals surface area contributed by atoms with Crippen molar-refractivity contribution in [2.75, 3.05) is 6.61 Å². The lowest BCUT2D eigenvalue weighted by atomic mass is 9.93. The molecule has 1 atom stereocenters. The Labute approximate surface area is 95.5 Å². The highest BCUT2D eigenvalue weighted by Gasteiger charge is 2.19. The van der Waals surface area contributed by atoms with Gasteiger partial charge in [-0.1, -0.05) is 12.1 Å². The number of nitrogens with two attached hydrogens (primary N) is 1. The fraction of sp³-hybridized carbons (Fsp3) is 0.385. The summed E-state index contributed by atoms with van der Waals surface area (Å²) in [4.78, 5) is 0. The van der Waals surface area contributed by atoms with Gasteiger partial charge in [0.1, 0.15) is 0 Å². The van der Waals surface area contributed by atoms with Crippen molar-refractivity contribution in [2.45, 2.75) is 18.9 Å². The van der Waals surface area contributed by atoms with E-state index < -0.39 is 5.54 Å². The molecule has 1 unspecified atom stereocenters. The molecule has 3 heteroatoms. The number of nitrogens with zero attached hydrogens (tertiary/aromatic N) is 1. The van der Waals surface area contributed by atoms with E-state index in [1.807, 2.05) is 26.2 Å². The molecule has 0 fully saturated rings. The first kappa shape index (κ1) is 11.2. The summed E-state index contributed by atoms with van der Waals surface area (Å²) in [5, 5.41) is 10.4. The molecule has 0 aliphatic rings. The third kappa shape index (κ3) is 1.96. The van der Waals surface area contributed by atoms with Gasteiger partial charge in [-0.2, -0.15) is 0 Å². The van der Waals surface area contributed by atoms with Crippen molar-refractivity contribution in [3.63, 3.8) is 0 Å². The quantitative estimate of drug-likeness (QED) is 0.819. The average Bonchev–Trinajstić information content (AvgIpc) is 2.62. The molecule has 0 saturated heterocycles. The minimum absolute atomic E-state index is 0.00375. The van der Waals surface area contributed by atoms with Crippen LogP contribution in [0.15, 0.2) is 30.5 Å². The summed E-state index contributed by atoms with van der Waals surface area (Å²) in [6.07, 6.45) is 2.73. The Morgan fingerprint density at radius 3 is 2.81 bits per heavy atom. The number of benzene rings is 1. The van der Waals surface area contributed by atoms with Gasteiger partial charge in [0.15, 0.2) is 0 Å². The van der Waals surface area contributed by atoms with Crippen molar-refractivity contribution in [3.8, 4) is 0 Å². The van der Waals surface area contributed by atoms with Gasteiger partial charge in [-0.25, -0.2) is 0 Å². The first-order chi connectivity index (χ1) is 7.53. The molecule has 0 bridgehead atoms. The highest BCUT2D eigenvalue weighted by atomic mass is 16.3. The van der Waals surface area contributed by atoms with Crippen LogP contribution in [0.25, 0.3) is 10.9 Å². The van der Waals surface area contributed by atoms with Crippen molar-refractivity contribution < 1.29 is 5.11 Å². The molecule has 2 aromatic rings. The molecule has 86 valence electrons. The fourth-order valence-corrected chi connectivity index (χ4v) is 2.01.